The quantitative estimate of drug-likeness (QED) is 0.496. The maximum Gasteiger partial charge on any atom is 0.0451 e. The van der Waals surface area contributed by atoms with Crippen molar-refractivity contribution in [3.63, 3.8) is 0 Å². The number of hydrogen-bond acceptors (Lipinski definition) is 1. The number of pyridine rings is 1. The number of nitrogens with zero attached hydrogens (tertiary/aromatic N) is 1. The van der Waals surface area contributed by atoms with Gasteiger partial charge in [0.25, 0.3) is 0 Å². The Morgan fingerprint density at radius 1 is 0.867 bits per heavy atom. The topological polar surface area (TPSA) is 12.9 Å². The van der Waals surface area contributed by atoms with E-state index in [9.17, 15) is 0 Å². The zero-order valence-corrected chi connectivity index (χ0v) is 8.57. The van der Waals surface area contributed by atoms with Gasteiger partial charge in [-0.2, -0.15) is 0 Å². The Hall–Kier alpha value is -1.89. The van der Waals surface area contributed by atoms with E-state index in [-0.39, 0.29) is 0 Å². The smallest absolute Gasteiger partial charge is 0.0451 e. The maximum absolute atomic E-state index is 4.31. The van der Waals surface area contributed by atoms with E-state index >= 15 is 0 Å². The molecule has 0 saturated heterocycles. The average molecular weight is 193 g/mol. The molecule has 0 radical (unpaired) electrons. The van der Waals surface area contributed by atoms with E-state index in [1.807, 2.05) is 6.20 Å². The summed E-state index contributed by atoms with van der Waals surface area (Å²) < 4.78 is 0. The van der Waals surface area contributed by atoms with Gasteiger partial charge in [0.05, 0.1) is 0 Å². The van der Waals surface area contributed by atoms with Gasteiger partial charge in [-0.15, -0.1) is 0 Å². The fraction of sp³-hybridized carbons (Fsp3) is 0.0714. The number of benzene rings is 2. The molecule has 0 atom stereocenters. The molecular formula is C14H11N. The molecule has 2 aromatic carbocycles. The van der Waals surface area contributed by atoms with Crippen LogP contribution < -0.4 is 0 Å². The molecule has 0 saturated carbocycles. The monoisotopic (exact) mass is 193 g/mol. The summed E-state index contributed by atoms with van der Waals surface area (Å²) >= 11 is 0. The molecule has 0 aliphatic heterocycles. The second-order valence-electron chi connectivity index (χ2n) is 3.82. The van der Waals surface area contributed by atoms with Gasteiger partial charge < -0.3 is 0 Å². The number of fused-ring (bicyclic) bond motifs is 2. The van der Waals surface area contributed by atoms with E-state index in [1.54, 1.807) is 0 Å². The minimum Gasteiger partial charge on any atom is -0.261 e. The lowest BCUT2D eigenvalue weighted by molar-refractivity contribution is 1.24. The Morgan fingerprint density at radius 3 is 2.40 bits per heavy atom. The zero-order chi connectivity index (χ0) is 10.3. The number of rotatable bonds is 0. The fourth-order valence-electron chi connectivity index (χ4n) is 2.01. The standard InChI is InChI=1S/C14H11N/c1-10-14-9-12-5-3-2-4-11(12)8-13(14)6-7-15-10/h2-9H,1H3. The van der Waals surface area contributed by atoms with Gasteiger partial charge in [0.1, 0.15) is 0 Å². The van der Waals surface area contributed by atoms with Gasteiger partial charge in [0.15, 0.2) is 0 Å². The summed E-state index contributed by atoms with van der Waals surface area (Å²) in [6, 6.07) is 14.9. The lowest BCUT2D eigenvalue weighted by atomic mass is 10.0. The van der Waals surface area contributed by atoms with Gasteiger partial charge in [-0.3, -0.25) is 4.98 Å². The predicted octanol–water partition coefficient (Wildman–Crippen LogP) is 3.70. The highest BCUT2D eigenvalue weighted by atomic mass is 14.7. The van der Waals surface area contributed by atoms with Gasteiger partial charge in [0, 0.05) is 17.3 Å². The van der Waals surface area contributed by atoms with Crippen molar-refractivity contribution in [2.75, 3.05) is 0 Å². The van der Waals surface area contributed by atoms with Crippen LogP contribution >= 0.6 is 0 Å². The Morgan fingerprint density at radius 2 is 1.60 bits per heavy atom. The Balaban J connectivity index is 2.53. The highest BCUT2D eigenvalue weighted by molar-refractivity contribution is 5.98. The Labute approximate surface area is 88.4 Å². The summed E-state index contributed by atoms with van der Waals surface area (Å²) in [6.45, 7) is 2.05. The molecule has 72 valence electrons. The first-order valence-corrected chi connectivity index (χ1v) is 5.09. The molecule has 0 N–H and O–H groups in total. The zero-order valence-electron chi connectivity index (χ0n) is 8.57. The van der Waals surface area contributed by atoms with Crippen molar-refractivity contribution in [3.05, 3.63) is 54.4 Å². The number of aryl methyl sites for hydroxylation is 1. The third-order valence-electron chi connectivity index (χ3n) is 2.83. The highest BCUT2D eigenvalue weighted by Crippen LogP contribution is 2.23. The van der Waals surface area contributed by atoms with Crippen molar-refractivity contribution < 1.29 is 0 Å². The molecule has 1 aromatic heterocycles. The Kier molecular flexibility index (Phi) is 1.72. The molecule has 0 unspecified atom stereocenters. The maximum atomic E-state index is 4.31. The molecule has 0 amide bonds. The second kappa shape index (κ2) is 3.06. The average Bonchev–Trinajstić information content (AvgIpc) is 2.27. The molecule has 1 heterocycles. The second-order valence-corrected chi connectivity index (χ2v) is 3.82. The summed E-state index contributed by atoms with van der Waals surface area (Å²) in [5.41, 5.74) is 1.10. The van der Waals surface area contributed by atoms with Crippen molar-refractivity contribution in [2.24, 2.45) is 0 Å². The van der Waals surface area contributed by atoms with Crippen LogP contribution in [0, 0.1) is 6.92 Å². The molecule has 15 heavy (non-hydrogen) atoms. The van der Waals surface area contributed by atoms with Crippen LogP contribution in [0.15, 0.2) is 48.7 Å². The molecule has 0 fully saturated rings. The van der Waals surface area contributed by atoms with Crippen molar-refractivity contribution in [2.45, 2.75) is 6.92 Å². The van der Waals surface area contributed by atoms with Crippen LogP contribution in [-0.2, 0) is 0 Å². The molecule has 3 rings (SSSR count). The lowest BCUT2D eigenvalue weighted by Gasteiger charge is -2.03. The van der Waals surface area contributed by atoms with Gasteiger partial charge in [-0.25, -0.2) is 0 Å². The molecule has 0 aliphatic rings. The van der Waals surface area contributed by atoms with Gasteiger partial charge in [-0.05, 0) is 41.3 Å². The van der Waals surface area contributed by atoms with E-state index in [4.69, 9.17) is 0 Å². The summed E-state index contributed by atoms with van der Waals surface area (Å²) in [6.07, 6.45) is 1.87. The first kappa shape index (κ1) is 8.42. The predicted molar refractivity (Wildman–Crippen MR) is 64.0 cm³/mol. The van der Waals surface area contributed by atoms with Gasteiger partial charge >= 0.3 is 0 Å². The van der Waals surface area contributed by atoms with Crippen LogP contribution in [0.1, 0.15) is 5.69 Å². The SMILES string of the molecule is Cc1nccc2cc3ccccc3cc12. The van der Waals surface area contributed by atoms with Gasteiger partial charge in [-0.1, -0.05) is 24.3 Å². The molecule has 1 heteroatoms. The van der Waals surface area contributed by atoms with Crippen LogP contribution in [0.2, 0.25) is 0 Å². The Bertz CT molecular complexity index is 641. The van der Waals surface area contributed by atoms with Crippen LogP contribution in [0.5, 0.6) is 0 Å². The van der Waals surface area contributed by atoms with Crippen LogP contribution in [0.4, 0.5) is 0 Å². The molecule has 0 spiro atoms. The van der Waals surface area contributed by atoms with E-state index in [0.29, 0.717) is 0 Å². The number of hydrogen-bond donors (Lipinski definition) is 0. The molecular weight excluding hydrogens is 182 g/mol. The van der Waals surface area contributed by atoms with E-state index < -0.39 is 0 Å². The lowest BCUT2D eigenvalue weighted by Crippen LogP contribution is -1.83. The fourth-order valence-corrected chi connectivity index (χ4v) is 2.01. The molecule has 0 bridgehead atoms. The first-order valence-electron chi connectivity index (χ1n) is 5.09. The van der Waals surface area contributed by atoms with Gasteiger partial charge in [0.2, 0.25) is 0 Å². The number of aromatic nitrogens is 1. The van der Waals surface area contributed by atoms with Crippen molar-refractivity contribution >= 4 is 21.5 Å². The third kappa shape index (κ3) is 1.28. The highest BCUT2D eigenvalue weighted by Gasteiger charge is 1.99. The largest absolute Gasteiger partial charge is 0.261 e. The van der Waals surface area contributed by atoms with Crippen molar-refractivity contribution in [3.8, 4) is 0 Å². The van der Waals surface area contributed by atoms with Crippen molar-refractivity contribution in [1.82, 2.24) is 4.98 Å². The third-order valence-corrected chi connectivity index (χ3v) is 2.83. The molecule has 3 aromatic rings. The molecule has 1 nitrogen and oxygen atoms in total. The summed E-state index contributed by atoms with van der Waals surface area (Å²) in [7, 11) is 0. The van der Waals surface area contributed by atoms with E-state index in [1.165, 1.54) is 21.5 Å². The molecule has 0 aliphatic carbocycles. The van der Waals surface area contributed by atoms with E-state index in [2.05, 4.69) is 54.4 Å². The minimum absolute atomic E-state index is 1.10. The minimum atomic E-state index is 1.10. The van der Waals surface area contributed by atoms with Crippen LogP contribution in [0.25, 0.3) is 21.5 Å². The van der Waals surface area contributed by atoms with E-state index in [0.717, 1.165) is 5.69 Å². The summed E-state index contributed by atoms with van der Waals surface area (Å²) in [5.74, 6) is 0. The van der Waals surface area contributed by atoms with Crippen LogP contribution in [0.3, 0.4) is 0 Å². The summed E-state index contributed by atoms with van der Waals surface area (Å²) in [4.78, 5) is 4.31. The first-order chi connectivity index (χ1) is 7.34. The van der Waals surface area contributed by atoms with Crippen LogP contribution in [-0.4, -0.2) is 4.98 Å². The van der Waals surface area contributed by atoms with Crippen molar-refractivity contribution in [1.29, 1.82) is 0 Å². The normalized spacial score (nSPS) is 11.0. The summed E-state index contributed by atoms with van der Waals surface area (Å²) in [5, 5.41) is 5.08.